The summed E-state index contributed by atoms with van der Waals surface area (Å²) >= 11 is 6.30. The van der Waals surface area contributed by atoms with Crippen LogP contribution in [0.3, 0.4) is 0 Å². The van der Waals surface area contributed by atoms with E-state index in [9.17, 15) is 0 Å². The van der Waals surface area contributed by atoms with Gasteiger partial charge in [-0.2, -0.15) is 0 Å². The van der Waals surface area contributed by atoms with Crippen LogP contribution in [-0.2, 0) is 4.74 Å². The molecule has 2 aliphatic rings. The molecule has 1 aliphatic carbocycles. The van der Waals surface area contributed by atoms with Gasteiger partial charge in [-0.1, -0.05) is 12.8 Å². The normalized spacial score (nSPS) is 38.8. The summed E-state index contributed by atoms with van der Waals surface area (Å²) in [6.07, 6.45) is 6.34. The van der Waals surface area contributed by atoms with Crippen molar-refractivity contribution in [1.82, 2.24) is 5.32 Å². The van der Waals surface area contributed by atoms with Gasteiger partial charge in [0.25, 0.3) is 0 Å². The number of ether oxygens (including phenoxy) is 1. The molecule has 3 heteroatoms. The lowest BCUT2D eigenvalue weighted by Crippen LogP contribution is -2.37. The lowest BCUT2D eigenvalue weighted by atomic mass is 9.88. The Labute approximate surface area is 91.3 Å². The van der Waals surface area contributed by atoms with Crippen molar-refractivity contribution in [3.8, 4) is 0 Å². The molecule has 3 unspecified atom stereocenters. The fourth-order valence-electron chi connectivity index (χ4n) is 2.41. The van der Waals surface area contributed by atoms with Gasteiger partial charge in [-0.15, -0.1) is 11.6 Å². The second-order valence-electron chi connectivity index (χ2n) is 4.53. The molecule has 82 valence electrons. The third kappa shape index (κ3) is 2.85. The van der Waals surface area contributed by atoms with Crippen molar-refractivity contribution >= 4 is 11.6 Å². The van der Waals surface area contributed by atoms with Crippen molar-refractivity contribution in [3.63, 3.8) is 0 Å². The van der Waals surface area contributed by atoms with Crippen LogP contribution in [0.2, 0.25) is 0 Å². The monoisotopic (exact) mass is 217 g/mol. The molecule has 1 saturated carbocycles. The molecule has 0 bridgehead atoms. The lowest BCUT2D eigenvalue weighted by molar-refractivity contribution is 0.188. The second-order valence-corrected chi connectivity index (χ2v) is 5.09. The zero-order chi connectivity index (χ0) is 9.80. The van der Waals surface area contributed by atoms with E-state index in [1.54, 1.807) is 0 Å². The summed E-state index contributed by atoms with van der Waals surface area (Å²) in [6.45, 7) is 2.90. The molecular weight excluding hydrogens is 198 g/mol. The van der Waals surface area contributed by atoms with Gasteiger partial charge in [-0.05, 0) is 31.7 Å². The number of nitrogens with one attached hydrogen (secondary N) is 1. The zero-order valence-electron chi connectivity index (χ0n) is 8.68. The largest absolute Gasteiger partial charge is 0.380 e. The molecule has 2 nitrogen and oxygen atoms in total. The van der Waals surface area contributed by atoms with Crippen LogP contribution in [0.5, 0.6) is 0 Å². The van der Waals surface area contributed by atoms with Crippen LogP contribution in [0.1, 0.15) is 32.1 Å². The van der Waals surface area contributed by atoms with Crippen LogP contribution in [-0.4, -0.2) is 31.2 Å². The summed E-state index contributed by atoms with van der Waals surface area (Å²) in [5, 5.41) is 3.97. The first-order chi connectivity index (χ1) is 6.86. The number of rotatable bonds is 3. The van der Waals surface area contributed by atoms with Gasteiger partial charge in [0, 0.05) is 18.0 Å². The predicted molar refractivity (Wildman–Crippen MR) is 58.8 cm³/mol. The highest BCUT2D eigenvalue weighted by Crippen LogP contribution is 2.28. The molecule has 0 spiro atoms. The number of hydrogen-bond acceptors (Lipinski definition) is 2. The summed E-state index contributed by atoms with van der Waals surface area (Å²) in [5.41, 5.74) is 0. The molecule has 1 saturated heterocycles. The van der Waals surface area contributed by atoms with Crippen molar-refractivity contribution < 1.29 is 4.74 Å². The fraction of sp³-hybridized carbons (Fsp3) is 1.00. The van der Waals surface area contributed by atoms with Crippen molar-refractivity contribution in [1.29, 1.82) is 0 Å². The van der Waals surface area contributed by atoms with Crippen LogP contribution in [0.4, 0.5) is 0 Å². The Bertz CT molecular complexity index is 171. The topological polar surface area (TPSA) is 21.3 Å². The van der Waals surface area contributed by atoms with Crippen LogP contribution in [0.25, 0.3) is 0 Å². The molecule has 1 aliphatic heterocycles. The molecule has 2 fully saturated rings. The lowest BCUT2D eigenvalue weighted by Gasteiger charge is -2.28. The Balaban J connectivity index is 1.67. The summed E-state index contributed by atoms with van der Waals surface area (Å²) in [5.74, 6) is 0.686. The molecule has 1 N–H and O–H groups in total. The minimum atomic E-state index is 0.401. The summed E-state index contributed by atoms with van der Waals surface area (Å²) in [6, 6.07) is 0.584. The molecule has 1 heterocycles. The van der Waals surface area contributed by atoms with Crippen LogP contribution < -0.4 is 5.32 Å². The van der Waals surface area contributed by atoms with Gasteiger partial charge in [0.2, 0.25) is 0 Å². The molecule has 14 heavy (non-hydrogen) atoms. The Morgan fingerprint density at radius 3 is 2.79 bits per heavy atom. The van der Waals surface area contributed by atoms with Crippen molar-refractivity contribution in [2.75, 3.05) is 19.8 Å². The Kier molecular flexibility index (Phi) is 4.09. The van der Waals surface area contributed by atoms with Crippen LogP contribution >= 0.6 is 11.6 Å². The molecular formula is C11H20ClNO. The van der Waals surface area contributed by atoms with Crippen molar-refractivity contribution in [2.45, 2.75) is 43.5 Å². The first-order valence-corrected chi connectivity index (χ1v) is 6.25. The standard InChI is InChI=1S/C11H20ClNO/c12-11-4-2-1-3-9(11)7-13-10-5-6-14-8-10/h9-11,13H,1-8H2. The highest BCUT2D eigenvalue weighted by Gasteiger charge is 2.24. The SMILES string of the molecule is ClC1CCCCC1CNC1CCOC1. The van der Waals surface area contributed by atoms with E-state index in [2.05, 4.69) is 5.32 Å². The van der Waals surface area contributed by atoms with E-state index in [1.165, 1.54) is 32.1 Å². The third-order valence-electron chi connectivity index (χ3n) is 3.41. The van der Waals surface area contributed by atoms with Crippen LogP contribution in [0, 0.1) is 5.92 Å². The quantitative estimate of drug-likeness (QED) is 0.732. The minimum absolute atomic E-state index is 0.401. The minimum Gasteiger partial charge on any atom is -0.380 e. The van der Waals surface area contributed by atoms with Gasteiger partial charge in [-0.25, -0.2) is 0 Å². The Morgan fingerprint density at radius 1 is 1.21 bits per heavy atom. The maximum Gasteiger partial charge on any atom is 0.0620 e. The van der Waals surface area contributed by atoms with Gasteiger partial charge in [0.15, 0.2) is 0 Å². The van der Waals surface area contributed by atoms with E-state index >= 15 is 0 Å². The van der Waals surface area contributed by atoms with E-state index in [4.69, 9.17) is 16.3 Å². The highest BCUT2D eigenvalue weighted by molar-refractivity contribution is 6.20. The fourth-order valence-corrected chi connectivity index (χ4v) is 2.78. The molecule has 0 aromatic rings. The number of halogens is 1. The summed E-state index contributed by atoms with van der Waals surface area (Å²) < 4.78 is 5.33. The van der Waals surface area contributed by atoms with Gasteiger partial charge < -0.3 is 10.1 Å². The van der Waals surface area contributed by atoms with Gasteiger partial charge in [0.05, 0.1) is 6.61 Å². The predicted octanol–water partition coefficient (Wildman–Crippen LogP) is 2.16. The Morgan fingerprint density at radius 2 is 2.07 bits per heavy atom. The van der Waals surface area contributed by atoms with Gasteiger partial charge in [0.1, 0.15) is 0 Å². The zero-order valence-corrected chi connectivity index (χ0v) is 9.43. The van der Waals surface area contributed by atoms with Crippen LogP contribution in [0.15, 0.2) is 0 Å². The van der Waals surface area contributed by atoms with Gasteiger partial charge in [-0.3, -0.25) is 0 Å². The first kappa shape index (κ1) is 10.7. The highest BCUT2D eigenvalue weighted by atomic mass is 35.5. The maximum absolute atomic E-state index is 6.30. The van der Waals surface area contributed by atoms with E-state index in [-0.39, 0.29) is 0 Å². The summed E-state index contributed by atoms with van der Waals surface area (Å²) in [7, 11) is 0. The Hall–Kier alpha value is 0.210. The van der Waals surface area contributed by atoms with E-state index in [1.807, 2.05) is 0 Å². The molecule has 0 aromatic heterocycles. The maximum atomic E-state index is 6.30. The number of alkyl halides is 1. The van der Waals surface area contributed by atoms with E-state index in [0.29, 0.717) is 17.3 Å². The molecule has 2 rings (SSSR count). The average molecular weight is 218 g/mol. The first-order valence-electron chi connectivity index (χ1n) is 5.81. The van der Waals surface area contributed by atoms with E-state index in [0.717, 1.165) is 19.8 Å². The van der Waals surface area contributed by atoms with Crippen molar-refractivity contribution in [2.24, 2.45) is 5.92 Å². The second kappa shape index (κ2) is 5.34. The molecule has 0 aromatic carbocycles. The number of hydrogen-bond donors (Lipinski definition) is 1. The smallest absolute Gasteiger partial charge is 0.0620 e. The molecule has 3 atom stereocenters. The average Bonchev–Trinajstić information content (AvgIpc) is 2.69. The molecule has 0 radical (unpaired) electrons. The third-order valence-corrected chi connectivity index (χ3v) is 3.99. The van der Waals surface area contributed by atoms with Gasteiger partial charge >= 0.3 is 0 Å². The van der Waals surface area contributed by atoms with Crippen molar-refractivity contribution in [3.05, 3.63) is 0 Å². The summed E-state index contributed by atoms with van der Waals surface area (Å²) in [4.78, 5) is 0. The van der Waals surface area contributed by atoms with E-state index < -0.39 is 0 Å². The molecule has 0 amide bonds.